The van der Waals surface area contributed by atoms with Crippen molar-refractivity contribution < 1.29 is 0 Å². The van der Waals surface area contributed by atoms with Crippen molar-refractivity contribution in [1.29, 1.82) is 0 Å². The summed E-state index contributed by atoms with van der Waals surface area (Å²) in [5, 5.41) is 3.69. The van der Waals surface area contributed by atoms with Gasteiger partial charge in [-0.1, -0.05) is 41.9 Å². The summed E-state index contributed by atoms with van der Waals surface area (Å²) in [6.07, 6.45) is 4.88. The second-order valence-electron chi connectivity index (χ2n) is 5.51. The lowest BCUT2D eigenvalue weighted by Crippen LogP contribution is -2.26. The molecule has 0 bridgehead atoms. The molecular weight excluding hydrogens is 324 g/mol. The normalized spacial score (nSPS) is 13.9. The lowest BCUT2D eigenvalue weighted by molar-refractivity contribution is 0.466. The summed E-state index contributed by atoms with van der Waals surface area (Å²) in [5.74, 6) is 0.403. The molecule has 0 aliphatic rings. The Kier molecular flexibility index (Phi) is 5.95. The minimum atomic E-state index is 0.319. The molecule has 0 radical (unpaired) electrons. The first-order valence-electron chi connectivity index (χ1n) is 7.52. The highest BCUT2D eigenvalue weighted by Crippen LogP contribution is 2.32. The molecule has 0 aliphatic heterocycles. The van der Waals surface area contributed by atoms with Gasteiger partial charge in [0.05, 0.1) is 0 Å². The van der Waals surface area contributed by atoms with E-state index < -0.39 is 0 Å². The first-order valence-corrected chi connectivity index (χ1v) is 8.32. The third-order valence-electron chi connectivity index (χ3n) is 3.89. The largest absolute Gasteiger partial charge is 0.309 e. The van der Waals surface area contributed by atoms with Crippen molar-refractivity contribution in [1.82, 2.24) is 10.3 Å². The van der Waals surface area contributed by atoms with Gasteiger partial charge in [-0.05, 0) is 54.8 Å². The number of pyridine rings is 1. The van der Waals surface area contributed by atoms with Crippen LogP contribution < -0.4 is 5.32 Å². The molecule has 21 heavy (non-hydrogen) atoms. The maximum absolute atomic E-state index is 4.12. The molecule has 0 saturated heterocycles. The van der Waals surface area contributed by atoms with E-state index >= 15 is 0 Å². The van der Waals surface area contributed by atoms with Crippen molar-refractivity contribution in [3.8, 4) is 0 Å². The van der Waals surface area contributed by atoms with Gasteiger partial charge in [0.2, 0.25) is 0 Å². The highest BCUT2D eigenvalue weighted by atomic mass is 79.9. The number of hydrogen-bond donors (Lipinski definition) is 1. The first kappa shape index (κ1) is 16.2. The number of halogens is 1. The van der Waals surface area contributed by atoms with E-state index in [2.05, 4.69) is 77.3 Å². The Morgan fingerprint density at radius 2 is 1.86 bits per heavy atom. The minimum Gasteiger partial charge on any atom is -0.309 e. The SMILES string of the molecule is CCCNC(c1ccc(Br)c(C)c1)C(C)c1ccncc1. The van der Waals surface area contributed by atoms with Crippen LogP contribution in [0, 0.1) is 6.92 Å². The van der Waals surface area contributed by atoms with Crippen LogP contribution in [0.4, 0.5) is 0 Å². The lowest BCUT2D eigenvalue weighted by atomic mass is 9.88. The quantitative estimate of drug-likeness (QED) is 0.796. The average molecular weight is 347 g/mol. The second kappa shape index (κ2) is 7.71. The van der Waals surface area contributed by atoms with E-state index in [9.17, 15) is 0 Å². The zero-order valence-electron chi connectivity index (χ0n) is 12.9. The predicted molar refractivity (Wildman–Crippen MR) is 92.6 cm³/mol. The van der Waals surface area contributed by atoms with Crippen LogP contribution in [0.1, 0.15) is 48.9 Å². The molecule has 0 spiro atoms. The van der Waals surface area contributed by atoms with Crippen molar-refractivity contribution in [3.63, 3.8) is 0 Å². The van der Waals surface area contributed by atoms with Crippen molar-refractivity contribution in [2.24, 2.45) is 0 Å². The molecule has 1 N–H and O–H groups in total. The topological polar surface area (TPSA) is 24.9 Å². The number of benzene rings is 1. The Morgan fingerprint density at radius 1 is 1.14 bits per heavy atom. The maximum atomic E-state index is 4.12. The summed E-state index contributed by atoms with van der Waals surface area (Å²) in [6, 6.07) is 11.2. The van der Waals surface area contributed by atoms with E-state index in [1.165, 1.54) is 16.7 Å². The molecule has 2 rings (SSSR count). The van der Waals surface area contributed by atoms with Crippen LogP contribution in [0.15, 0.2) is 47.2 Å². The summed E-state index contributed by atoms with van der Waals surface area (Å²) in [6.45, 7) is 7.64. The van der Waals surface area contributed by atoms with Gasteiger partial charge in [0, 0.05) is 28.8 Å². The molecular formula is C18H23BrN2. The number of hydrogen-bond acceptors (Lipinski definition) is 2. The molecule has 112 valence electrons. The van der Waals surface area contributed by atoms with E-state index in [0.717, 1.165) is 17.4 Å². The lowest BCUT2D eigenvalue weighted by Gasteiger charge is -2.26. The molecule has 1 heterocycles. The first-order chi connectivity index (χ1) is 10.1. The summed E-state index contributed by atoms with van der Waals surface area (Å²) in [7, 11) is 0. The fourth-order valence-electron chi connectivity index (χ4n) is 2.60. The van der Waals surface area contributed by atoms with Crippen molar-refractivity contribution in [2.75, 3.05) is 6.54 Å². The molecule has 0 saturated carbocycles. The van der Waals surface area contributed by atoms with Gasteiger partial charge in [0.1, 0.15) is 0 Å². The third kappa shape index (κ3) is 4.14. The molecule has 0 fully saturated rings. The number of aryl methyl sites for hydroxylation is 1. The monoisotopic (exact) mass is 346 g/mol. The van der Waals surface area contributed by atoms with Gasteiger partial charge < -0.3 is 5.32 Å². The summed E-state index contributed by atoms with van der Waals surface area (Å²) < 4.78 is 1.16. The molecule has 2 unspecified atom stereocenters. The molecule has 0 amide bonds. The van der Waals surface area contributed by atoms with Crippen LogP contribution in [-0.4, -0.2) is 11.5 Å². The Hall–Kier alpha value is -1.19. The molecule has 2 atom stereocenters. The Morgan fingerprint density at radius 3 is 2.48 bits per heavy atom. The van der Waals surface area contributed by atoms with E-state index in [1.54, 1.807) is 0 Å². The average Bonchev–Trinajstić information content (AvgIpc) is 2.51. The molecule has 2 aromatic rings. The van der Waals surface area contributed by atoms with Crippen molar-refractivity contribution in [2.45, 2.75) is 39.2 Å². The fraction of sp³-hybridized carbons (Fsp3) is 0.389. The minimum absolute atomic E-state index is 0.319. The van der Waals surface area contributed by atoms with Gasteiger partial charge in [0.25, 0.3) is 0 Å². The third-order valence-corrected chi connectivity index (χ3v) is 4.78. The Labute approximate surface area is 136 Å². The Balaban J connectivity index is 2.31. The maximum Gasteiger partial charge on any atom is 0.0387 e. The van der Waals surface area contributed by atoms with Crippen LogP contribution in [0.25, 0.3) is 0 Å². The highest BCUT2D eigenvalue weighted by Gasteiger charge is 2.20. The van der Waals surface area contributed by atoms with Gasteiger partial charge in [-0.25, -0.2) is 0 Å². The van der Waals surface area contributed by atoms with Gasteiger partial charge >= 0.3 is 0 Å². The zero-order valence-corrected chi connectivity index (χ0v) is 14.5. The van der Waals surface area contributed by atoms with Crippen LogP contribution in [0.2, 0.25) is 0 Å². The molecule has 1 aromatic carbocycles. The summed E-state index contributed by atoms with van der Waals surface area (Å²) in [4.78, 5) is 4.12. The fourth-order valence-corrected chi connectivity index (χ4v) is 2.85. The smallest absolute Gasteiger partial charge is 0.0387 e. The molecule has 2 nitrogen and oxygen atoms in total. The molecule has 3 heteroatoms. The molecule has 1 aromatic heterocycles. The van der Waals surface area contributed by atoms with Crippen LogP contribution in [-0.2, 0) is 0 Å². The van der Waals surface area contributed by atoms with E-state index in [0.29, 0.717) is 12.0 Å². The second-order valence-corrected chi connectivity index (χ2v) is 6.36. The predicted octanol–water partition coefficient (Wildman–Crippen LogP) is 5.00. The number of nitrogens with one attached hydrogen (secondary N) is 1. The van der Waals surface area contributed by atoms with Gasteiger partial charge in [-0.3, -0.25) is 4.98 Å². The number of aromatic nitrogens is 1. The van der Waals surface area contributed by atoms with E-state index in [1.807, 2.05) is 12.4 Å². The molecule has 0 aliphatic carbocycles. The van der Waals surface area contributed by atoms with E-state index in [-0.39, 0.29) is 0 Å². The van der Waals surface area contributed by atoms with Crippen molar-refractivity contribution in [3.05, 3.63) is 63.9 Å². The number of nitrogens with zero attached hydrogens (tertiary/aromatic N) is 1. The van der Waals surface area contributed by atoms with Gasteiger partial charge in [-0.2, -0.15) is 0 Å². The number of rotatable bonds is 6. The Bertz CT molecular complexity index is 569. The highest BCUT2D eigenvalue weighted by molar-refractivity contribution is 9.10. The summed E-state index contributed by atoms with van der Waals surface area (Å²) >= 11 is 3.58. The van der Waals surface area contributed by atoms with Gasteiger partial charge in [0.15, 0.2) is 0 Å². The van der Waals surface area contributed by atoms with Crippen LogP contribution in [0.3, 0.4) is 0 Å². The zero-order chi connectivity index (χ0) is 15.2. The van der Waals surface area contributed by atoms with Gasteiger partial charge in [-0.15, -0.1) is 0 Å². The summed E-state index contributed by atoms with van der Waals surface area (Å²) in [5.41, 5.74) is 3.94. The van der Waals surface area contributed by atoms with Crippen LogP contribution >= 0.6 is 15.9 Å². The van der Waals surface area contributed by atoms with E-state index in [4.69, 9.17) is 0 Å². The standard InChI is InChI=1S/C18H23BrN2/c1-4-9-21-18(14(3)15-7-10-20-11-8-15)16-5-6-17(19)13(2)12-16/h5-8,10-12,14,18,21H,4,9H2,1-3H3. The van der Waals surface area contributed by atoms with Crippen molar-refractivity contribution >= 4 is 15.9 Å². The van der Waals surface area contributed by atoms with Crippen LogP contribution in [0.5, 0.6) is 0 Å².